The first kappa shape index (κ1) is 14.6. The molecule has 0 radical (unpaired) electrons. The average Bonchev–Trinajstić information content (AvgIpc) is 2.63. The predicted octanol–water partition coefficient (Wildman–Crippen LogP) is 4.10. The zero-order valence-electron chi connectivity index (χ0n) is 12.6. The second-order valence-corrected chi connectivity index (χ2v) is 5.72. The van der Waals surface area contributed by atoms with Crippen molar-refractivity contribution in [1.82, 2.24) is 14.5 Å². The van der Waals surface area contributed by atoms with E-state index in [0.717, 1.165) is 16.6 Å². The third kappa shape index (κ3) is 2.47. The SMILES string of the molecule is O=c1c(-c2ccccc2)cc2cnc(Cl)cc2n1-c1ccncc1. The van der Waals surface area contributed by atoms with E-state index in [4.69, 9.17) is 11.6 Å². The van der Waals surface area contributed by atoms with Crippen LogP contribution in [0.25, 0.3) is 27.7 Å². The van der Waals surface area contributed by atoms with Crippen molar-refractivity contribution in [3.63, 3.8) is 0 Å². The van der Waals surface area contributed by atoms with E-state index in [1.165, 1.54) is 0 Å². The molecule has 4 nitrogen and oxygen atoms in total. The molecule has 0 amide bonds. The molecule has 0 saturated carbocycles. The highest BCUT2D eigenvalue weighted by Gasteiger charge is 2.13. The number of halogens is 1. The third-order valence-corrected chi connectivity index (χ3v) is 4.07. The highest BCUT2D eigenvalue weighted by molar-refractivity contribution is 6.30. The fraction of sp³-hybridized carbons (Fsp3) is 0. The van der Waals surface area contributed by atoms with Gasteiger partial charge in [-0.1, -0.05) is 41.9 Å². The molecule has 4 aromatic rings. The molecule has 24 heavy (non-hydrogen) atoms. The Hall–Kier alpha value is -2.98. The molecule has 0 unspecified atom stereocenters. The Morgan fingerprint density at radius 3 is 2.46 bits per heavy atom. The first-order valence-electron chi connectivity index (χ1n) is 7.41. The molecule has 0 spiro atoms. The van der Waals surface area contributed by atoms with E-state index in [0.29, 0.717) is 16.2 Å². The van der Waals surface area contributed by atoms with Crippen LogP contribution in [-0.4, -0.2) is 14.5 Å². The van der Waals surface area contributed by atoms with Crippen LogP contribution in [0.15, 0.2) is 78.0 Å². The quantitative estimate of drug-likeness (QED) is 0.519. The number of hydrogen-bond acceptors (Lipinski definition) is 3. The molecule has 3 heterocycles. The molecule has 0 aliphatic rings. The summed E-state index contributed by atoms with van der Waals surface area (Å²) in [5, 5.41) is 1.19. The largest absolute Gasteiger partial charge is 0.276 e. The van der Waals surface area contributed by atoms with Crippen molar-refractivity contribution in [1.29, 1.82) is 0 Å². The minimum absolute atomic E-state index is 0.109. The van der Waals surface area contributed by atoms with Crippen molar-refractivity contribution in [2.75, 3.05) is 0 Å². The molecule has 4 rings (SSSR count). The Morgan fingerprint density at radius 2 is 1.71 bits per heavy atom. The summed E-state index contributed by atoms with van der Waals surface area (Å²) in [4.78, 5) is 21.3. The Balaban J connectivity index is 2.13. The molecular formula is C19H12ClN3O. The number of rotatable bonds is 2. The minimum Gasteiger partial charge on any atom is -0.276 e. The van der Waals surface area contributed by atoms with E-state index >= 15 is 0 Å². The van der Waals surface area contributed by atoms with Crippen LogP contribution in [-0.2, 0) is 0 Å². The lowest BCUT2D eigenvalue weighted by Gasteiger charge is -2.13. The maximum atomic E-state index is 13.2. The maximum Gasteiger partial charge on any atom is 0.263 e. The van der Waals surface area contributed by atoms with Gasteiger partial charge < -0.3 is 0 Å². The molecule has 116 valence electrons. The van der Waals surface area contributed by atoms with E-state index in [2.05, 4.69) is 9.97 Å². The van der Waals surface area contributed by atoms with E-state index < -0.39 is 0 Å². The van der Waals surface area contributed by atoms with Crippen molar-refractivity contribution in [2.24, 2.45) is 0 Å². The molecular weight excluding hydrogens is 322 g/mol. The maximum absolute atomic E-state index is 13.2. The first-order chi connectivity index (χ1) is 11.7. The second-order valence-electron chi connectivity index (χ2n) is 5.34. The summed E-state index contributed by atoms with van der Waals surface area (Å²) < 4.78 is 1.65. The number of aromatic nitrogens is 3. The summed E-state index contributed by atoms with van der Waals surface area (Å²) in [6.45, 7) is 0. The van der Waals surface area contributed by atoms with Crippen molar-refractivity contribution in [2.45, 2.75) is 0 Å². The first-order valence-corrected chi connectivity index (χ1v) is 7.79. The van der Waals surface area contributed by atoms with Gasteiger partial charge in [0.25, 0.3) is 5.56 Å². The molecule has 0 fully saturated rings. The zero-order valence-corrected chi connectivity index (χ0v) is 13.3. The number of pyridine rings is 3. The van der Waals surface area contributed by atoms with Crippen LogP contribution in [0.4, 0.5) is 0 Å². The molecule has 0 saturated heterocycles. The number of hydrogen-bond donors (Lipinski definition) is 0. The summed E-state index contributed by atoms with van der Waals surface area (Å²) in [5.74, 6) is 0. The summed E-state index contributed by atoms with van der Waals surface area (Å²) >= 11 is 6.05. The molecule has 1 aromatic carbocycles. The van der Waals surface area contributed by atoms with Gasteiger partial charge in [-0.05, 0) is 23.8 Å². The van der Waals surface area contributed by atoms with Crippen LogP contribution in [0.5, 0.6) is 0 Å². The highest BCUT2D eigenvalue weighted by Crippen LogP contribution is 2.24. The van der Waals surface area contributed by atoms with E-state index in [9.17, 15) is 4.79 Å². The summed E-state index contributed by atoms with van der Waals surface area (Å²) in [6, 6.07) is 16.7. The minimum atomic E-state index is -0.109. The Morgan fingerprint density at radius 1 is 0.958 bits per heavy atom. The molecule has 3 aromatic heterocycles. The van der Waals surface area contributed by atoms with Gasteiger partial charge >= 0.3 is 0 Å². The van der Waals surface area contributed by atoms with Gasteiger partial charge in [0.1, 0.15) is 5.15 Å². The lowest BCUT2D eigenvalue weighted by molar-refractivity contribution is 1.03. The standard InChI is InChI=1S/C19H12ClN3O/c20-18-11-17-14(12-22-18)10-16(13-4-2-1-3-5-13)19(24)23(17)15-6-8-21-9-7-15/h1-12H. The zero-order chi connectivity index (χ0) is 16.5. The smallest absolute Gasteiger partial charge is 0.263 e. The molecule has 0 bridgehead atoms. The molecule has 0 atom stereocenters. The average molecular weight is 334 g/mol. The lowest BCUT2D eigenvalue weighted by atomic mass is 10.1. The third-order valence-electron chi connectivity index (χ3n) is 3.86. The summed E-state index contributed by atoms with van der Waals surface area (Å²) in [6.07, 6.45) is 5.00. The Labute approximate surface area is 143 Å². The topological polar surface area (TPSA) is 47.8 Å². The van der Waals surface area contributed by atoms with Gasteiger partial charge in [0, 0.05) is 35.6 Å². The normalized spacial score (nSPS) is 10.9. The number of nitrogens with zero attached hydrogens (tertiary/aromatic N) is 3. The van der Waals surface area contributed by atoms with Gasteiger partial charge in [-0.3, -0.25) is 14.3 Å². The van der Waals surface area contributed by atoms with Crippen molar-refractivity contribution in [3.05, 3.63) is 88.7 Å². The highest BCUT2D eigenvalue weighted by atomic mass is 35.5. The number of fused-ring (bicyclic) bond motifs is 1. The van der Waals surface area contributed by atoms with Gasteiger partial charge in [-0.2, -0.15) is 0 Å². The fourth-order valence-corrected chi connectivity index (χ4v) is 2.91. The van der Waals surface area contributed by atoms with Crippen molar-refractivity contribution in [3.8, 4) is 16.8 Å². The lowest BCUT2D eigenvalue weighted by Crippen LogP contribution is -2.20. The molecule has 0 N–H and O–H groups in total. The van der Waals surface area contributed by atoms with Gasteiger partial charge in [0.15, 0.2) is 0 Å². The fourth-order valence-electron chi connectivity index (χ4n) is 2.76. The van der Waals surface area contributed by atoms with Crippen LogP contribution in [0.1, 0.15) is 0 Å². The second kappa shape index (κ2) is 5.91. The Kier molecular flexibility index (Phi) is 3.59. The van der Waals surface area contributed by atoms with Crippen LogP contribution >= 0.6 is 11.6 Å². The molecule has 0 aliphatic carbocycles. The van der Waals surface area contributed by atoms with Crippen molar-refractivity contribution < 1.29 is 0 Å². The van der Waals surface area contributed by atoms with E-state index in [1.807, 2.05) is 36.4 Å². The predicted molar refractivity (Wildman–Crippen MR) is 95.6 cm³/mol. The van der Waals surface area contributed by atoms with Gasteiger partial charge in [0.05, 0.1) is 11.2 Å². The van der Waals surface area contributed by atoms with Crippen molar-refractivity contribution >= 4 is 22.5 Å². The molecule has 0 aliphatic heterocycles. The van der Waals surface area contributed by atoms with Gasteiger partial charge in [-0.25, -0.2) is 4.98 Å². The molecule has 5 heteroatoms. The van der Waals surface area contributed by atoms with Crippen LogP contribution in [0.3, 0.4) is 0 Å². The summed E-state index contributed by atoms with van der Waals surface area (Å²) in [5.41, 5.74) is 2.82. The number of benzene rings is 1. The van der Waals surface area contributed by atoms with Gasteiger partial charge in [0.2, 0.25) is 0 Å². The van der Waals surface area contributed by atoms with Crippen LogP contribution < -0.4 is 5.56 Å². The summed E-state index contributed by atoms with van der Waals surface area (Å²) in [7, 11) is 0. The monoisotopic (exact) mass is 333 g/mol. The Bertz CT molecular complexity index is 1080. The van der Waals surface area contributed by atoms with Crippen LogP contribution in [0, 0.1) is 0 Å². The van der Waals surface area contributed by atoms with Crippen LogP contribution in [0.2, 0.25) is 5.15 Å². The van der Waals surface area contributed by atoms with E-state index in [-0.39, 0.29) is 5.56 Å². The van der Waals surface area contributed by atoms with Gasteiger partial charge in [-0.15, -0.1) is 0 Å². The van der Waals surface area contributed by atoms with E-state index in [1.54, 1.807) is 41.4 Å².